The molecule has 2 saturated heterocycles. The molecular formula is C17H17NO5. The maximum absolute atomic E-state index is 12.9. The highest BCUT2D eigenvalue weighted by Gasteiger charge is 2.67. The van der Waals surface area contributed by atoms with Crippen LogP contribution in [0, 0.1) is 11.8 Å². The molecule has 3 aliphatic heterocycles. The Morgan fingerprint density at radius 2 is 2.04 bits per heavy atom. The highest BCUT2D eigenvalue weighted by Crippen LogP contribution is 2.52. The lowest BCUT2D eigenvalue weighted by atomic mass is 9.77. The average molecular weight is 315 g/mol. The van der Waals surface area contributed by atoms with Crippen molar-refractivity contribution in [1.29, 1.82) is 0 Å². The van der Waals surface area contributed by atoms with Gasteiger partial charge < -0.3 is 19.1 Å². The van der Waals surface area contributed by atoms with E-state index in [2.05, 4.69) is 0 Å². The number of carbonyl (C=O) groups is 2. The predicted octanol–water partition coefficient (Wildman–Crippen LogP) is 1.15. The summed E-state index contributed by atoms with van der Waals surface area (Å²) in [5, 5.41) is 0. The third kappa shape index (κ3) is 1.84. The molecule has 1 amide bonds. The normalized spacial score (nSPS) is 33.9. The van der Waals surface area contributed by atoms with Gasteiger partial charge in [-0.15, -0.1) is 0 Å². The SMILES string of the molecule is COC(=O)[C@@H]1[C@H]2C=C[C@@]3(CN(c4ccc(OC)cc4)C(=O)[C@@H]13)O2. The van der Waals surface area contributed by atoms with Crippen molar-refractivity contribution in [2.75, 3.05) is 25.7 Å². The molecule has 1 aromatic rings. The van der Waals surface area contributed by atoms with Crippen molar-refractivity contribution in [3.05, 3.63) is 36.4 Å². The minimum Gasteiger partial charge on any atom is -0.497 e. The van der Waals surface area contributed by atoms with E-state index in [4.69, 9.17) is 14.2 Å². The number of hydrogen-bond acceptors (Lipinski definition) is 5. The van der Waals surface area contributed by atoms with Crippen LogP contribution in [-0.4, -0.2) is 44.3 Å². The van der Waals surface area contributed by atoms with Gasteiger partial charge in [-0.2, -0.15) is 0 Å². The lowest BCUT2D eigenvalue weighted by Crippen LogP contribution is -2.39. The van der Waals surface area contributed by atoms with Gasteiger partial charge in [0.1, 0.15) is 17.3 Å². The summed E-state index contributed by atoms with van der Waals surface area (Å²) in [7, 11) is 2.93. The molecule has 0 N–H and O–H groups in total. The minimum absolute atomic E-state index is 0.0996. The largest absolute Gasteiger partial charge is 0.497 e. The van der Waals surface area contributed by atoms with Crippen LogP contribution in [-0.2, 0) is 19.1 Å². The minimum atomic E-state index is -0.722. The van der Waals surface area contributed by atoms with Gasteiger partial charge in [-0.05, 0) is 24.3 Å². The van der Waals surface area contributed by atoms with Crippen molar-refractivity contribution >= 4 is 17.6 Å². The fourth-order valence-electron chi connectivity index (χ4n) is 3.88. The first-order chi connectivity index (χ1) is 11.1. The Morgan fingerprint density at radius 1 is 1.30 bits per heavy atom. The lowest BCUT2D eigenvalue weighted by molar-refractivity contribution is -0.149. The molecule has 2 fully saturated rings. The predicted molar refractivity (Wildman–Crippen MR) is 81.1 cm³/mol. The van der Waals surface area contributed by atoms with E-state index in [-0.39, 0.29) is 12.0 Å². The summed E-state index contributed by atoms with van der Waals surface area (Å²) >= 11 is 0. The van der Waals surface area contributed by atoms with Crippen molar-refractivity contribution in [1.82, 2.24) is 0 Å². The number of hydrogen-bond donors (Lipinski definition) is 0. The number of nitrogens with zero attached hydrogens (tertiary/aromatic N) is 1. The molecule has 2 bridgehead atoms. The molecule has 4 rings (SSSR count). The van der Waals surface area contributed by atoms with Crippen molar-refractivity contribution < 1.29 is 23.8 Å². The molecule has 6 nitrogen and oxygen atoms in total. The number of fused-ring (bicyclic) bond motifs is 1. The second-order valence-electron chi connectivity index (χ2n) is 6.05. The quantitative estimate of drug-likeness (QED) is 0.618. The van der Waals surface area contributed by atoms with Crippen molar-refractivity contribution in [2.24, 2.45) is 11.8 Å². The molecule has 0 radical (unpaired) electrons. The maximum atomic E-state index is 12.9. The van der Waals surface area contributed by atoms with Gasteiger partial charge in [0.05, 0.1) is 32.8 Å². The van der Waals surface area contributed by atoms with Crippen LogP contribution in [0.25, 0.3) is 0 Å². The first-order valence-corrected chi connectivity index (χ1v) is 7.50. The summed E-state index contributed by atoms with van der Waals surface area (Å²) in [6.45, 7) is 0.406. The summed E-state index contributed by atoms with van der Waals surface area (Å²) in [5.41, 5.74) is 0.0456. The number of carbonyl (C=O) groups excluding carboxylic acids is 2. The van der Waals surface area contributed by atoms with E-state index in [9.17, 15) is 9.59 Å². The Morgan fingerprint density at radius 3 is 2.70 bits per heavy atom. The fourth-order valence-corrected chi connectivity index (χ4v) is 3.88. The van der Waals surface area contributed by atoms with Crippen LogP contribution in [0.4, 0.5) is 5.69 Å². The topological polar surface area (TPSA) is 65.1 Å². The third-order valence-electron chi connectivity index (χ3n) is 4.96. The monoisotopic (exact) mass is 315 g/mol. The Hall–Kier alpha value is -2.34. The van der Waals surface area contributed by atoms with Crippen LogP contribution in [0.5, 0.6) is 5.75 Å². The number of amides is 1. The van der Waals surface area contributed by atoms with Crippen LogP contribution in [0.1, 0.15) is 0 Å². The third-order valence-corrected chi connectivity index (χ3v) is 4.96. The number of methoxy groups -OCH3 is 2. The van der Waals surface area contributed by atoms with Gasteiger partial charge in [0.25, 0.3) is 0 Å². The van der Waals surface area contributed by atoms with E-state index in [0.717, 1.165) is 11.4 Å². The fraction of sp³-hybridized carbons (Fsp3) is 0.412. The van der Waals surface area contributed by atoms with E-state index in [1.165, 1.54) is 7.11 Å². The first kappa shape index (κ1) is 14.3. The van der Waals surface area contributed by atoms with Crippen LogP contribution >= 0.6 is 0 Å². The van der Waals surface area contributed by atoms with E-state index >= 15 is 0 Å². The molecule has 23 heavy (non-hydrogen) atoms. The number of ether oxygens (including phenoxy) is 3. The van der Waals surface area contributed by atoms with Gasteiger partial charge in [0.15, 0.2) is 0 Å². The molecule has 120 valence electrons. The molecule has 0 aromatic heterocycles. The van der Waals surface area contributed by atoms with E-state index < -0.39 is 23.4 Å². The van der Waals surface area contributed by atoms with Gasteiger partial charge in [-0.25, -0.2) is 0 Å². The lowest BCUT2D eigenvalue weighted by Gasteiger charge is -2.22. The Kier molecular flexibility index (Phi) is 2.99. The summed E-state index contributed by atoms with van der Waals surface area (Å²) in [5.74, 6) is -0.857. The van der Waals surface area contributed by atoms with Gasteiger partial charge in [0.2, 0.25) is 5.91 Å². The Balaban J connectivity index is 1.68. The van der Waals surface area contributed by atoms with E-state index in [1.807, 2.05) is 24.3 Å². The second-order valence-corrected chi connectivity index (χ2v) is 6.05. The molecular weight excluding hydrogens is 298 g/mol. The molecule has 0 saturated carbocycles. The van der Waals surface area contributed by atoms with Gasteiger partial charge in [-0.3, -0.25) is 9.59 Å². The number of anilines is 1. The van der Waals surface area contributed by atoms with Crippen LogP contribution in [0.2, 0.25) is 0 Å². The zero-order chi connectivity index (χ0) is 16.2. The molecule has 0 aliphatic carbocycles. The number of rotatable bonds is 3. The van der Waals surface area contributed by atoms with Gasteiger partial charge >= 0.3 is 5.97 Å². The molecule has 1 spiro atoms. The Bertz CT molecular complexity index is 697. The van der Waals surface area contributed by atoms with Crippen LogP contribution < -0.4 is 9.64 Å². The van der Waals surface area contributed by atoms with Gasteiger partial charge in [-0.1, -0.05) is 12.2 Å². The van der Waals surface area contributed by atoms with Crippen LogP contribution in [0.15, 0.2) is 36.4 Å². The molecule has 3 aliphatic rings. The number of esters is 1. The molecule has 4 atom stereocenters. The zero-order valence-electron chi connectivity index (χ0n) is 12.9. The van der Waals surface area contributed by atoms with Crippen molar-refractivity contribution in [3.63, 3.8) is 0 Å². The highest BCUT2D eigenvalue weighted by atomic mass is 16.5. The van der Waals surface area contributed by atoms with Crippen molar-refractivity contribution in [3.8, 4) is 5.75 Å². The first-order valence-electron chi connectivity index (χ1n) is 7.50. The second kappa shape index (κ2) is 4.83. The maximum Gasteiger partial charge on any atom is 0.312 e. The summed E-state index contributed by atoms with van der Waals surface area (Å²) in [4.78, 5) is 26.7. The zero-order valence-corrected chi connectivity index (χ0v) is 12.9. The van der Waals surface area contributed by atoms with Crippen molar-refractivity contribution in [2.45, 2.75) is 11.7 Å². The van der Waals surface area contributed by atoms with Gasteiger partial charge in [0, 0.05) is 5.69 Å². The Labute approximate surface area is 133 Å². The van der Waals surface area contributed by atoms with E-state index in [1.54, 1.807) is 24.1 Å². The molecule has 0 unspecified atom stereocenters. The summed E-state index contributed by atoms with van der Waals surface area (Å²) in [6, 6.07) is 7.27. The van der Waals surface area contributed by atoms with Crippen LogP contribution in [0.3, 0.4) is 0 Å². The molecule has 6 heteroatoms. The summed E-state index contributed by atoms with van der Waals surface area (Å²) in [6.07, 6.45) is 3.42. The highest BCUT2D eigenvalue weighted by molar-refractivity contribution is 6.02. The molecule has 3 heterocycles. The molecule has 1 aromatic carbocycles. The smallest absolute Gasteiger partial charge is 0.312 e. The summed E-state index contributed by atoms with van der Waals surface area (Å²) < 4.78 is 16.0. The average Bonchev–Trinajstić information content (AvgIpc) is 3.22. The number of benzene rings is 1. The van der Waals surface area contributed by atoms with E-state index in [0.29, 0.717) is 6.54 Å². The standard InChI is InChI=1S/C17H17NO5/c1-21-11-5-3-10(4-6-11)18-9-17-8-7-12(23-17)13(16(20)22-2)14(17)15(18)19/h3-8,12-14H,9H2,1-2H3/t12-,13-,14-,17+/m1/s1.